The zero-order chi connectivity index (χ0) is 17.2. The third-order valence-electron chi connectivity index (χ3n) is 3.87. The number of carbonyl (C=O) groups is 1. The minimum absolute atomic E-state index is 0.0759. The molecule has 0 aliphatic rings. The predicted molar refractivity (Wildman–Crippen MR) is 99.3 cm³/mol. The van der Waals surface area contributed by atoms with Gasteiger partial charge in [-0.05, 0) is 24.3 Å². The molecule has 0 radical (unpaired) electrons. The second-order valence-electron chi connectivity index (χ2n) is 5.54. The molecule has 0 fully saturated rings. The summed E-state index contributed by atoms with van der Waals surface area (Å²) in [7, 11) is 0. The molecule has 5 heteroatoms. The van der Waals surface area contributed by atoms with Crippen LogP contribution in [0.15, 0.2) is 81.0 Å². The van der Waals surface area contributed by atoms with Gasteiger partial charge in [0.05, 0.1) is 16.3 Å². The van der Waals surface area contributed by atoms with Crippen LogP contribution in [0.4, 0.5) is 0 Å². The van der Waals surface area contributed by atoms with E-state index in [0.29, 0.717) is 5.58 Å². The van der Waals surface area contributed by atoms with E-state index in [2.05, 4.69) is 4.98 Å². The molecule has 0 atom stereocenters. The van der Waals surface area contributed by atoms with E-state index in [1.54, 1.807) is 18.2 Å². The topological polar surface area (TPSA) is 60.2 Å². The van der Waals surface area contributed by atoms with Gasteiger partial charge in [0, 0.05) is 10.8 Å². The van der Waals surface area contributed by atoms with Crippen molar-refractivity contribution in [2.45, 2.75) is 5.03 Å². The van der Waals surface area contributed by atoms with E-state index in [1.165, 1.54) is 11.8 Å². The fourth-order valence-corrected chi connectivity index (χ4v) is 3.36. The van der Waals surface area contributed by atoms with E-state index in [4.69, 9.17) is 4.42 Å². The monoisotopic (exact) mass is 347 g/mol. The summed E-state index contributed by atoms with van der Waals surface area (Å²) in [5, 5.41) is 2.53. The van der Waals surface area contributed by atoms with Crippen LogP contribution >= 0.6 is 11.8 Å². The lowest BCUT2D eigenvalue weighted by Gasteiger charge is -2.03. The van der Waals surface area contributed by atoms with Crippen LogP contribution < -0.4 is 5.63 Å². The predicted octanol–water partition coefficient (Wildman–Crippen LogP) is 4.32. The summed E-state index contributed by atoms with van der Waals surface area (Å²) in [6, 6.07) is 20.4. The van der Waals surface area contributed by atoms with Gasteiger partial charge in [-0.2, -0.15) is 0 Å². The van der Waals surface area contributed by atoms with Gasteiger partial charge >= 0.3 is 5.63 Å². The largest absolute Gasteiger partial charge is 0.422 e. The Morgan fingerprint density at radius 3 is 2.60 bits per heavy atom. The molecule has 0 saturated carbocycles. The van der Waals surface area contributed by atoms with Crippen molar-refractivity contribution in [1.29, 1.82) is 0 Å². The average Bonchev–Trinajstić information content (AvgIpc) is 2.65. The van der Waals surface area contributed by atoms with Gasteiger partial charge in [0.25, 0.3) is 0 Å². The summed E-state index contributed by atoms with van der Waals surface area (Å²) in [5.41, 5.74) is 0.834. The maximum Gasteiger partial charge on any atom is 0.347 e. The molecule has 0 aliphatic carbocycles. The number of Topliss-reactive ketones (excluding diaryl/α,β-unsaturated/α-hetero) is 1. The maximum atomic E-state index is 12.4. The molecule has 0 unspecified atom stereocenters. The van der Waals surface area contributed by atoms with Crippen LogP contribution in [0.1, 0.15) is 10.4 Å². The van der Waals surface area contributed by atoms with Gasteiger partial charge in [-0.15, -0.1) is 0 Å². The highest BCUT2D eigenvalue weighted by molar-refractivity contribution is 7.99. The van der Waals surface area contributed by atoms with Crippen LogP contribution in [0, 0.1) is 0 Å². The lowest BCUT2D eigenvalue weighted by Crippen LogP contribution is -2.15. The molecule has 25 heavy (non-hydrogen) atoms. The number of para-hydroxylation sites is 2. The summed E-state index contributed by atoms with van der Waals surface area (Å²) in [4.78, 5) is 29.0. The minimum atomic E-state index is -0.601. The molecular weight excluding hydrogens is 334 g/mol. The first-order valence-electron chi connectivity index (χ1n) is 7.75. The molecular formula is C20H13NO3S. The standard InChI is InChI=1S/C20H13NO3S/c22-17(15-11-14-6-2-4-8-18(14)24-20(15)23)12-25-19-10-9-13-5-1-3-7-16(13)21-19/h1-11H,12H2. The van der Waals surface area contributed by atoms with E-state index < -0.39 is 5.63 Å². The van der Waals surface area contributed by atoms with Gasteiger partial charge in [-0.1, -0.05) is 54.2 Å². The second-order valence-corrected chi connectivity index (χ2v) is 6.54. The fourth-order valence-electron chi connectivity index (χ4n) is 2.60. The summed E-state index contributed by atoms with van der Waals surface area (Å²) in [6.45, 7) is 0. The van der Waals surface area contributed by atoms with Crippen molar-refractivity contribution in [3.63, 3.8) is 0 Å². The number of fused-ring (bicyclic) bond motifs is 2. The van der Waals surface area contributed by atoms with Crippen LogP contribution in [0.25, 0.3) is 21.9 Å². The quantitative estimate of drug-likeness (QED) is 0.313. The van der Waals surface area contributed by atoms with Crippen LogP contribution in [0.2, 0.25) is 0 Å². The molecule has 4 aromatic rings. The van der Waals surface area contributed by atoms with Gasteiger partial charge < -0.3 is 4.42 Å². The number of benzene rings is 2. The molecule has 0 amide bonds. The Morgan fingerprint density at radius 2 is 1.72 bits per heavy atom. The summed E-state index contributed by atoms with van der Waals surface area (Å²) >= 11 is 1.31. The van der Waals surface area contributed by atoms with E-state index in [0.717, 1.165) is 21.3 Å². The zero-order valence-corrected chi connectivity index (χ0v) is 14.0. The molecule has 0 spiro atoms. The minimum Gasteiger partial charge on any atom is -0.422 e. The lowest BCUT2D eigenvalue weighted by molar-refractivity contribution is 0.101. The number of thioether (sulfide) groups is 1. The van der Waals surface area contributed by atoms with E-state index in [9.17, 15) is 9.59 Å². The Hall–Kier alpha value is -2.92. The van der Waals surface area contributed by atoms with E-state index in [-0.39, 0.29) is 17.1 Å². The highest BCUT2D eigenvalue weighted by Crippen LogP contribution is 2.21. The van der Waals surface area contributed by atoms with Crippen molar-refractivity contribution in [1.82, 2.24) is 4.98 Å². The number of hydrogen-bond donors (Lipinski definition) is 0. The van der Waals surface area contributed by atoms with Gasteiger partial charge in [0.15, 0.2) is 5.78 Å². The number of carbonyl (C=O) groups excluding carboxylic acids is 1. The molecule has 2 aromatic carbocycles. The van der Waals surface area contributed by atoms with Gasteiger partial charge in [0.2, 0.25) is 0 Å². The number of aromatic nitrogens is 1. The molecule has 2 aromatic heterocycles. The van der Waals surface area contributed by atoms with Crippen molar-refractivity contribution in [2.75, 3.05) is 5.75 Å². The number of hydrogen-bond acceptors (Lipinski definition) is 5. The van der Waals surface area contributed by atoms with Crippen LogP contribution in [0.3, 0.4) is 0 Å². The van der Waals surface area contributed by atoms with Crippen molar-refractivity contribution in [2.24, 2.45) is 0 Å². The van der Waals surface area contributed by atoms with Crippen molar-refractivity contribution >= 4 is 39.4 Å². The Kier molecular flexibility index (Phi) is 4.07. The molecule has 0 bridgehead atoms. The summed E-state index contributed by atoms with van der Waals surface area (Å²) in [6.07, 6.45) is 0. The average molecular weight is 347 g/mol. The van der Waals surface area contributed by atoms with Crippen LogP contribution in [0.5, 0.6) is 0 Å². The van der Waals surface area contributed by atoms with Crippen LogP contribution in [-0.4, -0.2) is 16.5 Å². The first-order chi connectivity index (χ1) is 12.2. The number of nitrogens with zero attached hydrogens (tertiary/aromatic N) is 1. The third kappa shape index (κ3) is 3.19. The first-order valence-corrected chi connectivity index (χ1v) is 8.74. The maximum absolute atomic E-state index is 12.4. The number of rotatable bonds is 4. The van der Waals surface area contributed by atoms with Crippen molar-refractivity contribution < 1.29 is 9.21 Å². The Bertz CT molecular complexity index is 1150. The van der Waals surface area contributed by atoms with E-state index in [1.807, 2.05) is 48.5 Å². The summed E-state index contributed by atoms with van der Waals surface area (Å²) < 4.78 is 5.22. The highest BCUT2D eigenvalue weighted by Gasteiger charge is 2.14. The van der Waals surface area contributed by atoms with Crippen molar-refractivity contribution in [3.05, 3.63) is 82.7 Å². The number of ketones is 1. The Labute approximate surface area is 147 Å². The third-order valence-corrected chi connectivity index (χ3v) is 4.80. The van der Waals surface area contributed by atoms with E-state index >= 15 is 0 Å². The normalized spacial score (nSPS) is 11.0. The first kappa shape index (κ1) is 15.6. The van der Waals surface area contributed by atoms with Gasteiger partial charge in [-0.3, -0.25) is 4.79 Å². The Balaban J connectivity index is 1.57. The van der Waals surface area contributed by atoms with Gasteiger partial charge in [0.1, 0.15) is 11.1 Å². The smallest absolute Gasteiger partial charge is 0.347 e. The van der Waals surface area contributed by atoms with Crippen molar-refractivity contribution in [3.8, 4) is 0 Å². The van der Waals surface area contributed by atoms with Crippen LogP contribution in [-0.2, 0) is 0 Å². The second kappa shape index (κ2) is 6.53. The zero-order valence-electron chi connectivity index (χ0n) is 13.1. The molecule has 122 valence electrons. The SMILES string of the molecule is O=C(CSc1ccc2ccccc2n1)c1cc2ccccc2oc1=O. The lowest BCUT2D eigenvalue weighted by atomic mass is 10.1. The molecule has 4 nitrogen and oxygen atoms in total. The molecule has 4 rings (SSSR count). The fraction of sp³-hybridized carbons (Fsp3) is 0.0500. The highest BCUT2D eigenvalue weighted by atomic mass is 32.2. The number of pyridine rings is 1. The molecule has 0 N–H and O–H groups in total. The van der Waals surface area contributed by atoms with Gasteiger partial charge in [-0.25, -0.2) is 9.78 Å². The molecule has 0 saturated heterocycles. The summed E-state index contributed by atoms with van der Waals surface area (Å²) in [5.74, 6) is -0.131. The Morgan fingerprint density at radius 1 is 0.960 bits per heavy atom. The molecule has 2 heterocycles. The molecule has 0 aliphatic heterocycles.